The van der Waals surface area contributed by atoms with Crippen LogP contribution < -0.4 is 0 Å². The Bertz CT molecular complexity index is 153. The highest BCUT2D eigenvalue weighted by Crippen LogP contribution is 2.17. The molecule has 0 aliphatic rings. The van der Waals surface area contributed by atoms with Crippen molar-refractivity contribution in [2.24, 2.45) is 0 Å². The van der Waals surface area contributed by atoms with Crippen molar-refractivity contribution in [3.63, 3.8) is 0 Å². The summed E-state index contributed by atoms with van der Waals surface area (Å²) in [5, 5.41) is 18.1. The zero-order chi connectivity index (χ0) is 13.5. The molecule has 18 heavy (non-hydrogen) atoms. The summed E-state index contributed by atoms with van der Waals surface area (Å²) >= 11 is 1.81. The van der Waals surface area contributed by atoms with Gasteiger partial charge in [0.05, 0.1) is 6.61 Å². The first-order chi connectivity index (χ1) is 8.85. The smallest absolute Gasteiger partial charge is 0.0550 e. The van der Waals surface area contributed by atoms with Crippen molar-refractivity contribution in [2.75, 3.05) is 19.0 Å². The van der Waals surface area contributed by atoms with Gasteiger partial charge in [0.25, 0.3) is 0 Å². The summed E-state index contributed by atoms with van der Waals surface area (Å²) in [5.41, 5.74) is 0. The normalized spacial score (nSPS) is 12.8. The van der Waals surface area contributed by atoms with Gasteiger partial charge >= 0.3 is 0 Å². The fourth-order valence-corrected chi connectivity index (χ4v) is 3.12. The molecule has 1 atom stereocenters. The minimum atomic E-state index is 0.190. The van der Waals surface area contributed by atoms with Crippen LogP contribution in [0.15, 0.2) is 0 Å². The number of rotatable bonds is 14. The molecule has 0 radical (unpaired) electrons. The van der Waals surface area contributed by atoms with Gasteiger partial charge in [0, 0.05) is 11.9 Å². The lowest BCUT2D eigenvalue weighted by atomic mass is 10.1. The Hall–Kier alpha value is 0.270. The van der Waals surface area contributed by atoms with Crippen LogP contribution in [-0.2, 0) is 0 Å². The Morgan fingerprint density at radius 1 is 0.833 bits per heavy atom. The van der Waals surface area contributed by atoms with Crippen molar-refractivity contribution < 1.29 is 10.2 Å². The molecule has 0 saturated heterocycles. The number of thioether (sulfide) groups is 1. The van der Waals surface area contributed by atoms with E-state index in [1.807, 2.05) is 11.8 Å². The zero-order valence-electron chi connectivity index (χ0n) is 12.1. The number of unbranched alkanes of at least 4 members (excludes halogenated alkanes) is 8. The molecule has 110 valence electrons. The van der Waals surface area contributed by atoms with Gasteiger partial charge in [-0.1, -0.05) is 58.3 Å². The van der Waals surface area contributed by atoms with Crippen LogP contribution in [-0.4, -0.2) is 34.4 Å². The van der Waals surface area contributed by atoms with Gasteiger partial charge < -0.3 is 10.2 Å². The summed E-state index contributed by atoms with van der Waals surface area (Å²) in [5.74, 6) is 1.13. The predicted octanol–water partition coefficient (Wildman–Crippen LogP) is 3.99. The highest BCUT2D eigenvalue weighted by Gasteiger charge is 2.06. The molecule has 0 aliphatic heterocycles. The molecule has 0 spiro atoms. The highest BCUT2D eigenvalue weighted by molar-refractivity contribution is 7.99. The molecule has 0 bridgehead atoms. The summed E-state index contributed by atoms with van der Waals surface area (Å²) in [6, 6.07) is 0. The summed E-state index contributed by atoms with van der Waals surface area (Å²) in [4.78, 5) is 0. The van der Waals surface area contributed by atoms with Crippen LogP contribution in [0.3, 0.4) is 0 Å². The van der Waals surface area contributed by atoms with Crippen molar-refractivity contribution in [1.29, 1.82) is 0 Å². The van der Waals surface area contributed by atoms with E-state index in [0.717, 1.165) is 12.2 Å². The average Bonchev–Trinajstić information content (AvgIpc) is 2.39. The standard InChI is InChI=1S/C15H32O2S/c1-2-3-4-5-6-7-8-9-10-13-18-15(14-17)11-12-16/h15-17H,2-14H2,1H3/t15-/m1/s1. The van der Waals surface area contributed by atoms with Crippen LogP contribution in [0.5, 0.6) is 0 Å². The third-order valence-electron chi connectivity index (χ3n) is 3.26. The van der Waals surface area contributed by atoms with Gasteiger partial charge in [-0.3, -0.25) is 0 Å². The summed E-state index contributed by atoms with van der Waals surface area (Å²) in [6.45, 7) is 2.65. The second-order valence-electron chi connectivity index (χ2n) is 5.02. The highest BCUT2D eigenvalue weighted by atomic mass is 32.2. The molecule has 0 fully saturated rings. The van der Waals surface area contributed by atoms with Gasteiger partial charge in [-0.15, -0.1) is 0 Å². The molecule has 0 aliphatic carbocycles. The van der Waals surface area contributed by atoms with Gasteiger partial charge in [-0.2, -0.15) is 11.8 Å². The Morgan fingerprint density at radius 3 is 1.89 bits per heavy atom. The van der Waals surface area contributed by atoms with Crippen LogP contribution in [0.2, 0.25) is 0 Å². The van der Waals surface area contributed by atoms with Crippen LogP contribution in [0.1, 0.15) is 71.1 Å². The Morgan fingerprint density at radius 2 is 1.39 bits per heavy atom. The van der Waals surface area contributed by atoms with Crippen molar-refractivity contribution in [3.8, 4) is 0 Å². The van der Waals surface area contributed by atoms with Crippen LogP contribution in [0.4, 0.5) is 0 Å². The largest absolute Gasteiger partial charge is 0.396 e. The molecule has 0 unspecified atom stereocenters. The van der Waals surface area contributed by atoms with Gasteiger partial charge in [-0.05, 0) is 18.6 Å². The fraction of sp³-hybridized carbons (Fsp3) is 1.00. The van der Waals surface area contributed by atoms with Crippen LogP contribution >= 0.6 is 11.8 Å². The lowest BCUT2D eigenvalue weighted by Gasteiger charge is -2.11. The number of hydrogen-bond acceptors (Lipinski definition) is 3. The molecule has 3 heteroatoms. The first-order valence-corrected chi connectivity index (χ1v) is 8.73. The van der Waals surface area contributed by atoms with E-state index in [1.165, 1.54) is 57.8 Å². The summed E-state index contributed by atoms with van der Waals surface area (Å²) in [7, 11) is 0. The van der Waals surface area contributed by atoms with Crippen LogP contribution in [0.25, 0.3) is 0 Å². The number of aliphatic hydroxyl groups excluding tert-OH is 2. The maximum atomic E-state index is 9.07. The maximum Gasteiger partial charge on any atom is 0.0550 e. The van der Waals surface area contributed by atoms with Gasteiger partial charge in [0.15, 0.2) is 0 Å². The fourth-order valence-electron chi connectivity index (χ4n) is 2.03. The molecule has 0 amide bonds. The molecule has 0 aromatic carbocycles. The van der Waals surface area contributed by atoms with E-state index in [9.17, 15) is 0 Å². The molecule has 0 rings (SSSR count). The second-order valence-corrected chi connectivity index (χ2v) is 6.42. The van der Waals surface area contributed by atoms with E-state index in [-0.39, 0.29) is 18.5 Å². The molecule has 2 N–H and O–H groups in total. The maximum absolute atomic E-state index is 9.07. The SMILES string of the molecule is CCCCCCCCCCCS[C@@H](CO)CCO. The van der Waals surface area contributed by atoms with Crippen molar-refractivity contribution in [1.82, 2.24) is 0 Å². The van der Waals surface area contributed by atoms with E-state index in [4.69, 9.17) is 10.2 Å². The third kappa shape index (κ3) is 12.7. The van der Waals surface area contributed by atoms with Crippen molar-refractivity contribution in [3.05, 3.63) is 0 Å². The lowest BCUT2D eigenvalue weighted by Crippen LogP contribution is -2.11. The molecule has 0 heterocycles. The van der Waals surface area contributed by atoms with Gasteiger partial charge in [0.1, 0.15) is 0 Å². The number of aliphatic hydroxyl groups is 2. The van der Waals surface area contributed by atoms with E-state index in [1.54, 1.807) is 0 Å². The van der Waals surface area contributed by atoms with Crippen molar-refractivity contribution in [2.45, 2.75) is 76.4 Å². The lowest BCUT2D eigenvalue weighted by molar-refractivity contribution is 0.247. The minimum absolute atomic E-state index is 0.190. The zero-order valence-corrected chi connectivity index (χ0v) is 12.9. The summed E-state index contributed by atoms with van der Waals surface area (Å²) in [6.07, 6.45) is 13.0. The monoisotopic (exact) mass is 276 g/mol. The molecule has 0 saturated carbocycles. The van der Waals surface area contributed by atoms with E-state index >= 15 is 0 Å². The topological polar surface area (TPSA) is 40.5 Å². The van der Waals surface area contributed by atoms with Crippen LogP contribution in [0, 0.1) is 0 Å². The minimum Gasteiger partial charge on any atom is -0.396 e. The second kappa shape index (κ2) is 15.3. The first kappa shape index (κ1) is 18.3. The molecule has 0 aromatic heterocycles. The third-order valence-corrected chi connectivity index (χ3v) is 4.64. The summed E-state index contributed by atoms with van der Waals surface area (Å²) < 4.78 is 0. The van der Waals surface area contributed by atoms with E-state index in [2.05, 4.69) is 6.92 Å². The first-order valence-electron chi connectivity index (χ1n) is 7.68. The van der Waals surface area contributed by atoms with E-state index in [0.29, 0.717) is 0 Å². The Balaban J connectivity index is 3.10. The average molecular weight is 276 g/mol. The quantitative estimate of drug-likeness (QED) is 0.471. The Kier molecular flexibility index (Phi) is 15.6. The van der Waals surface area contributed by atoms with E-state index < -0.39 is 0 Å². The Labute approximate surface area is 118 Å². The molecular formula is C15H32O2S. The van der Waals surface area contributed by atoms with Gasteiger partial charge in [-0.25, -0.2) is 0 Å². The van der Waals surface area contributed by atoms with Crippen molar-refractivity contribution >= 4 is 11.8 Å². The predicted molar refractivity (Wildman–Crippen MR) is 82.3 cm³/mol. The molecular weight excluding hydrogens is 244 g/mol. The number of hydrogen-bond donors (Lipinski definition) is 2. The van der Waals surface area contributed by atoms with Gasteiger partial charge in [0.2, 0.25) is 0 Å². The molecule has 0 aromatic rings. The molecule has 2 nitrogen and oxygen atoms in total.